The average molecular weight is 324 g/mol. The van der Waals surface area contributed by atoms with Crippen LogP contribution in [0.1, 0.15) is 17.0 Å². The van der Waals surface area contributed by atoms with Gasteiger partial charge in [-0.15, -0.1) is 0 Å². The molecular formula is C18H14ClN3O. The van der Waals surface area contributed by atoms with Crippen molar-refractivity contribution < 1.29 is 0 Å². The molecule has 0 spiro atoms. The van der Waals surface area contributed by atoms with E-state index in [-0.39, 0.29) is 5.43 Å². The number of pyridine rings is 3. The van der Waals surface area contributed by atoms with Gasteiger partial charge in [-0.2, -0.15) is 0 Å². The fourth-order valence-electron chi connectivity index (χ4n) is 3.24. The van der Waals surface area contributed by atoms with E-state index >= 15 is 0 Å². The third-order valence-electron chi connectivity index (χ3n) is 4.30. The highest BCUT2D eigenvalue weighted by molar-refractivity contribution is 6.34. The van der Waals surface area contributed by atoms with E-state index in [1.807, 2.05) is 39.0 Å². The van der Waals surface area contributed by atoms with Gasteiger partial charge in [0, 0.05) is 22.7 Å². The molecule has 0 bridgehead atoms. The van der Waals surface area contributed by atoms with Crippen LogP contribution in [0.25, 0.3) is 32.6 Å². The van der Waals surface area contributed by atoms with E-state index in [2.05, 4.69) is 9.97 Å². The molecule has 0 aliphatic carbocycles. The molecule has 0 atom stereocenters. The molecule has 0 saturated carbocycles. The lowest BCUT2D eigenvalue weighted by molar-refractivity contribution is 1.14. The summed E-state index contributed by atoms with van der Waals surface area (Å²) in [5.41, 5.74) is 3.91. The number of aryl methyl sites for hydroxylation is 3. The number of halogens is 1. The zero-order chi connectivity index (χ0) is 16.3. The van der Waals surface area contributed by atoms with Crippen molar-refractivity contribution in [3.05, 3.63) is 56.7 Å². The van der Waals surface area contributed by atoms with Crippen molar-refractivity contribution in [1.82, 2.24) is 15.0 Å². The van der Waals surface area contributed by atoms with Crippen molar-refractivity contribution in [2.45, 2.75) is 20.8 Å². The number of rotatable bonds is 0. The van der Waals surface area contributed by atoms with Crippen LogP contribution in [0.2, 0.25) is 5.15 Å². The molecule has 4 nitrogen and oxygen atoms in total. The average Bonchev–Trinajstić information content (AvgIpc) is 2.49. The monoisotopic (exact) mass is 323 g/mol. The van der Waals surface area contributed by atoms with Gasteiger partial charge in [0.15, 0.2) is 5.43 Å². The minimum atomic E-state index is -0.0417. The number of benzene rings is 1. The number of aromatic nitrogens is 3. The molecule has 4 rings (SSSR count). The summed E-state index contributed by atoms with van der Waals surface area (Å²) < 4.78 is 0. The lowest BCUT2D eigenvalue weighted by Gasteiger charge is -2.10. The SMILES string of the molecule is Cc1cc2nc3c(C)c4cc[nH]c(Cl)c4cc3c(=O)c2c(C)n1. The molecule has 0 saturated heterocycles. The lowest BCUT2D eigenvalue weighted by Crippen LogP contribution is -2.08. The summed E-state index contributed by atoms with van der Waals surface area (Å²) in [5, 5.41) is 3.51. The quantitative estimate of drug-likeness (QED) is 0.389. The number of aromatic amines is 1. The zero-order valence-electron chi connectivity index (χ0n) is 13.0. The van der Waals surface area contributed by atoms with Crippen LogP contribution < -0.4 is 5.43 Å². The molecule has 1 N–H and O–H groups in total. The van der Waals surface area contributed by atoms with Crippen LogP contribution in [-0.4, -0.2) is 15.0 Å². The van der Waals surface area contributed by atoms with Crippen LogP contribution in [0.15, 0.2) is 29.2 Å². The second-order valence-electron chi connectivity index (χ2n) is 5.83. The minimum absolute atomic E-state index is 0.0417. The maximum Gasteiger partial charge on any atom is 0.199 e. The highest BCUT2D eigenvalue weighted by Crippen LogP contribution is 2.30. The molecule has 114 valence electrons. The molecule has 0 aliphatic heterocycles. The molecule has 3 heterocycles. The number of hydrogen-bond acceptors (Lipinski definition) is 3. The molecule has 0 amide bonds. The van der Waals surface area contributed by atoms with Crippen LogP contribution >= 0.6 is 11.6 Å². The number of nitrogens with one attached hydrogen (secondary N) is 1. The largest absolute Gasteiger partial charge is 0.352 e. The van der Waals surface area contributed by atoms with Gasteiger partial charge >= 0.3 is 0 Å². The number of H-pyrrole nitrogens is 1. The van der Waals surface area contributed by atoms with Gasteiger partial charge in [-0.25, -0.2) is 4.98 Å². The maximum absolute atomic E-state index is 13.0. The van der Waals surface area contributed by atoms with Gasteiger partial charge in [-0.1, -0.05) is 11.6 Å². The Bertz CT molecular complexity index is 1180. The predicted molar refractivity (Wildman–Crippen MR) is 94.4 cm³/mol. The van der Waals surface area contributed by atoms with Crippen molar-refractivity contribution in [2.24, 2.45) is 0 Å². The first-order valence-electron chi connectivity index (χ1n) is 7.35. The normalized spacial score (nSPS) is 11.7. The third kappa shape index (κ3) is 1.95. The predicted octanol–water partition coefficient (Wildman–Crippen LogP) is 4.20. The first kappa shape index (κ1) is 14.2. The summed E-state index contributed by atoms with van der Waals surface area (Å²) in [7, 11) is 0. The Morgan fingerprint density at radius 3 is 2.61 bits per heavy atom. The second-order valence-corrected chi connectivity index (χ2v) is 6.21. The van der Waals surface area contributed by atoms with E-state index in [0.717, 1.165) is 27.5 Å². The molecule has 3 aromatic heterocycles. The van der Waals surface area contributed by atoms with Gasteiger partial charge in [-0.3, -0.25) is 9.78 Å². The summed E-state index contributed by atoms with van der Waals surface area (Å²) in [6.45, 7) is 5.73. The van der Waals surface area contributed by atoms with E-state index in [1.165, 1.54) is 0 Å². The number of fused-ring (bicyclic) bond motifs is 3. The summed E-state index contributed by atoms with van der Waals surface area (Å²) in [4.78, 5) is 25.1. The van der Waals surface area contributed by atoms with Crippen molar-refractivity contribution in [2.75, 3.05) is 0 Å². The Kier molecular flexibility index (Phi) is 2.93. The maximum atomic E-state index is 13.0. The second kappa shape index (κ2) is 4.77. The smallest absolute Gasteiger partial charge is 0.199 e. The third-order valence-corrected chi connectivity index (χ3v) is 4.61. The van der Waals surface area contributed by atoms with Crippen LogP contribution in [0.4, 0.5) is 0 Å². The standard InChI is InChI=1S/C18H14ClN3O/c1-8-6-14-15(10(3)21-8)17(23)13-7-12-11(4-5-20-18(12)19)9(2)16(13)22-14/h4-7,20H,1-3H3. The molecular weight excluding hydrogens is 310 g/mol. The Labute approximate surface area is 137 Å². The van der Waals surface area contributed by atoms with Gasteiger partial charge in [0.25, 0.3) is 0 Å². The number of hydrogen-bond donors (Lipinski definition) is 1. The molecule has 4 aromatic rings. The van der Waals surface area contributed by atoms with E-state index in [1.54, 1.807) is 6.20 Å². The van der Waals surface area contributed by atoms with Crippen molar-refractivity contribution in [3.8, 4) is 0 Å². The van der Waals surface area contributed by atoms with Crippen LogP contribution in [0, 0.1) is 20.8 Å². The molecule has 0 aliphatic rings. The van der Waals surface area contributed by atoms with Crippen molar-refractivity contribution in [1.29, 1.82) is 0 Å². The molecule has 1 aromatic carbocycles. The highest BCUT2D eigenvalue weighted by atomic mass is 35.5. The lowest BCUT2D eigenvalue weighted by atomic mass is 10.0. The van der Waals surface area contributed by atoms with E-state index in [0.29, 0.717) is 27.1 Å². The summed E-state index contributed by atoms with van der Waals surface area (Å²) in [6, 6.07) is 5.64. The van der Waals surface area contributed by atoms with E-state index in [4.69, 9.17) is 16.6 Å². The van der Waals surface area contributed by atoms with Crippen LogP contribution in [-0.2, 0) is 0 Å². The first-order chi connectivity index (χ1) is 11.0. The van der Waals surface area contributed by atoms with Gasteiger partial charge < -0.3 is 4.98 Å². The van der Waals surface area contributed by atoms with E-state index in [9.17, 15) is 4.79 Å². The van der Waals surface area contributed by atoms with Gasteiger partial charge in [0.2, 0.25) is 0 Å². The number of nitrogens with zero attached hydrogens (tertiary/aromatic N) is 2. The minimum Gasteiger partial charge on any atom is -0.352 e. The van der Waals surface area contributed by atoms with Gasteiger partial charge in [-0.05, 0) is 49.9 Å². The highest BCUT2D eigenvalue weighted by Gasteiger charge is 2.15. The summed E-state index contributed by atoms with van der Waals surface area (Å²) >= 11 is 6.26. The van der Waals surface area contributed by atoms with E-state index < -0.39 is 0 Å². The van der Waals surface area contributed by atoms with Crippen LogP contribution in [0.3, 0.4) is 0 Å². The Morgan fingerprint density at radius 2 is 1.83 bits per heavy atom. The fourth-order valence-corrected chi connectivity index (χ4v) is 3.46. The first-order valence-corrected chi connectivity index (χ1v) is 7.73. The molecule has 0 unspecified atom stereocenters. The van der Waals surface area contributed by atoms with Gasteiger partial charge in [0.05, 0.1) is 22.1 Å². The fraction of sp³-hybridized carbons (Fsp3) is 0.167. The van der Waals surface area contributed by atoms with Crippen molar-refractivity contribution in [3.63, 3.8) is 0 Å². The molecule has 0 fully saturated rings. The van der Waals surface area contributed by atoms with Crippen LogP contribution in [0.5, 0.6) is 0 Å². The summed E-state index contributed by atoms with van der Waals surface area (Å²) in [5.74, 6) is 0. The topological polar surface area (TPSA) is 58.6 Å². The Morgan fingerprint density at radius 1 is 1.04 bits per heavy atom. The zero-order valence-corrected chi connectivity index (χ0v) is 13.7. The Hall–Kier alpha value is -2.46. The summed E-state index contributed by atoms with van der Waals surface area (Å²) in [6.07, 6.45) is 1.79. The molecule has 5 heteroatoms. The molecule has 23 heavy (non-hydrogen) atoms. The van der Waals surface area contributed by atoms with Gasteiger partial charge in [0.1, 0.15) is 5.15 Å². The Balaban J connectivity index is 2.33. The molecule has 0 radical (unpaired) electrons. The van der Waals surface area contributed by atoms with Crippen molar-refractivity contribution >= 4 is 44.2 Å².